The summed E-state index contributed by atoms with van der Waals surface area (Å²) in [5.41, 5.74) is 8.94. The van der Waals surface area contributed by atoms with Gasteiger partial charge in [-0.05, 0) is 0 Å². The maximum atomic E-state index is 8.88. The average molecular weight is 188 g/mol. The van der Waals surface area contributed by atoms with Gasteiger partial charge < -0.3 is 26.1 Å². The zero-order valence-electron chi connectivity index (χ0n) is 4.80. The van der Waals surface area contributed by atoms with Crippen LogP contribution < -0.4 is 11.5 Å². The van der Waals surface area contributed by atoms with Gasteiger partial charge in [0.05, 0.1) is 0 Å². The molecule has 7 nitrogen and oxygen atoms in total. The largest absolute Gasteiger partial charge is 0.466 e. The smallest absolute Gasteiger partial charge is 0.370 e. The van der Waals surface area contributed by atoms with Gasteiger partial charge in [-0.3, -0.25) is 5.41 Å². The molecular weight excluding hydrogens is 180 g/mol. The predicted octanol–water partition coefficient (Wildman–Crippen LogP) is -1.23. The zero-order valence-corrected chi connectivity index (χ0v) is 6.59. The molecule has 0 aliphatic heterocycles. The van der Waals surface area contributed by atoms with Crippen molar-refractivity contribution in [3.05, 3.63) is 0 Å². The van der Waals surface area contributed by atoms with E-state index >= 15 is 0 Å². The molecule has 0 fully saturated rings. The number of rotatable bonds is 0. The monoisotopic (exact) mass is 188 g/mol. The third-order valence-corrected chi connectivity index (χ3v) is 0. The molecule has 0 aliphatic carbocycles. The van der Waals surface area contributed by atoms with E-state index < -0.39 is 7.82 Å². The highest BCUT2D eigenvalue weighted by Crippen LogP contribution is 2.25. The van der Waals surface area contributed by atoms with E-state index in [9.17, 15) is 0 Å². The first-order chi connectivity index (χ1) is 3.73. The first-order valence-electron chi connectivity index (χ1n) is 1.61. The van der Waals surface area contributed by atoms with Crippen molar-refractivity contribution < 1.29 is 19.2 Å². The molecule has 0 amide bonds. The summed E-state index contributed by atoms with van der Waals surface area (Å²) in [4.78, 5) is 21.6. The second-order valence-corrected chi connectivity index (χ2v) is 2.00. The maximum absolute atomic E-state index is 8.88. The van der Waals surface area contributed by atoms with Crippen LogP contribution in [-0.2, 0) is 4.57 Å². The van der Waals surface area contributed by atoms with Gasteiger partial charge in [0.25, 0.3) is 0 Å². The summed E-state index contributed by atoms with van der Waals surface area (Å²) in [6.45, 7) is 0. The fourth-order valence-corrected chi connectivity index (χ4v) is 0. The number of phosphoric acid groups is 1. The quantitative estimate of drug-likeness (QED) is 0.159. The van der Waals surface area contributed by atoms with Crippen LogP contribution in [0.25, 0.3) is 0 Å². The molecule has 8 N–H and O–H groups in total. The summed E-state index contributed by atoms with van der Waals surface area (Å²) in [7, 11) is -4.64. The van der Waals surface area contributed by atoms with Crippen LogP contribution in [0.1, 0.15) is 0 Å². The van der Waals surface area contributed by atoms with E-state index in [0.29, 0.717) is 0 Å². The summed E-state index contributed by atoms with van der Waals surface area (Å²) < 4.78 is 8.88. The lowest BCUT2D eigenvalue weighted by molar-refractivity contribution is 0.275. The Bertz CT molecular complexity index is 118. The highest BCUT2D eigenvalue weighted by Gasteiger charge is 2.00. The molecule has 0 unspecified atom stereocenters. The van der Waals surface area contributed by atoms with E-state index in [1.807, 2.05) is 0 Å². The van der Waals surface area contributed by atoms with Crippen LogP contribution in [0.5, 0.6) is 0 Å². The van der Waals surface area contributed by atoms with E-state index in [4.69, 9.17) is 24.7 Å². The summed E-state index contributed by atoms with van der Waals surface area (Å²) in [6, 6.07) is 0. The SMILES string of the molecule is N=C(N)N.O=P(O)(O)O.[P]. The van der Waals surface area contributed by atoms with E-state index in [2.05, 4.69) is 11.5 Å². The maximum Gasteiger partial charge on any atom is 0.466 e. The lowest BCUT2D eigenvalue weighted by atomic mass is 11.1. The first-order valence-corrected chi connectivity index (χ1v) is 3.18. The van der Waals surface area contributed by atoms with Gasteiger partial charge in [-0.1, -0.05) is 0 Å². The first kappa shape index (κ1) is 16.4. The summed E-state index contributed by atoms with van der Waals surface area (Å²) in [6.07, 6.45) is 0. The minimum atomic E-state index is -4.64. The van der Waals surface area contributed by atoms with Crippen molar-refractivity contribution in [2.75, 3.05) is 0 Å². The predicted molar refractivity (Wildman–Crippen MR) is 37.3 cm³/mol. The molecule has 0 aliphatic rings. The lowest BCUT2D eigenvalue weighted by Gasteiger charge is -1.82. The van der Waals surface area contributed by atoms with Crippen molar-refractivity contribution in [1.82, 2.24) is 0 Å². The Morgan fingerprint density at radius 1 is 1.30 bits per heavy atom. The van der Waals surface area contributed by atoms with Gasteiger partial charge in [0.2, 0.25) is 0 Å². The van der Waals surface area contributed by atoms with Crippen LogP contribution in [0.2, 0.25) is 0 Å². The molecule has 3 radical (unpaired) electrons. The van der Waals surface area contributed by atoms with Crippen molar-refractivity contribution in [2.24, 2.45) is 11.5 Å². The summed E-state index contributed by atoms with van der Waals surface area (Å²) in [5.74, 6) is -0.333. The molecule has 9 heteroatoms. The highest BCUT2D eigenvalue weighted by molar-refractivity contribution is 7.45. The average Bonchev–Trinajstić information content (AvgIpc) is 1.19. The minimum absolute atomic E-state index is 0. The molecule has 0 aromatic rings. The standard InChI is InChI=1S/CH5N3.H3O4P.P/c2-1(3)4;1-5(2,3)4;/h(H5,2,3,4);(H3,1,2,3,4);. The molecule has 61 valence electrons. The van der Waals surface area contributed by atoms with Crippen LogP contribution in [0, 0.1) is 5.41 Å². The highest BCUT2D eigenvalue weighted by atomic mass is 31.2. The Balaban J connectivity index is -0.0000000910. The Morgan fingerprint density at radius 3 is 1.30 bits per heavy atom. The van der Waals surface area contributed by atoms with Gasteiger partial charge in [0, 0.05) is 9.90 Å². The molecule has 0 aromatic carbocycles. The Kier molecular flexibility index (Phi) is 11.4. The summed E-state index contributed by atoms with van der Waals surface area (Å²) in [5, 5.41) is 6.06. The van der Waals surface area contributed by atoms with Gasteiger partial charge in [-0.2, -0.15) is 0 Å². The van der Waals surface area contributed by atoms with Crippen LogP contribution in [0.4, 0.5) is 0 Å². The molecule has 0 spiro atoms. The van der Waals surface area contributed by atoms with Crippen LogP contribution in [-0.4, -0.2) is 20.6 Å². The number of nitrogens with one attached hydrogen (secondary N) is 1. The minimum Gasteiger partial charge on any atom is -0.370 e. The van der Waals surface area contributed by atoms with Crippen molar-refractivity contribution in [2.45, 2.75) is 0 Å². The molecule has 0 rings (SSSR count). The molecule has 0 heterocycles. The van der Waals surface area contributed by atoms with Crippen molar-refractivity contribution in [3.8, 4) is 0 Å². The third-order valence-electron chi connectivity index (χ3n) is 0. The molecule has 0 saturated carbocycles. The molecule has 0 saturated heterocycles. The normalized spacial score (nSPS) is 8.30. The van der Waals surface area contributed by atoms with Gasteiger partial charge in [-0.25, -0.2) is 4.57 Å². The van der Waals surface area contributed by atoms with Crippen LogP contribution >= 0.6 is 17.7 Å². The molecule has 0 aromatic heterocycles. The van der Waals surface area contributed by atoms with E-state index in [-0.39, 0.29) is 15.9 Å². The van der Waals surface area contributed by atoms with E-state index in [1.54, 1.807) is 0 Å². The number of nitrogens with two attached hydrogens (primary N) is 2. The van der Waals surface area contributed by atoms with E-state index in [0.717, 1.165) is 0 Å². The fraction of sp³-hybridized carbons (Fsp3) is 0. The lowest BCUT2D eigenvalue weighted by Crippen LogP contribution is -2.20. The number of hydrogen-bond acceptors (Lipinski definition) is 2. The molecule has 0 bridgehead atoms. The van der Waals surface area contributed by atoms with Gasteiger partial charge in [0.15, 0.2) is 5.96 Å². The number of guanidine groups is 1. The molecule has 0 atom stereocenters. The van der Waals surface area contributed by atoms with Crippen LogP contribution in [0.3, 0.4) is 0 Å². The Hall–Kier alpha value is -0.190. The van der Waals surface area contributed by atoms with Crippen LogP contribution in [0.15, 0.2) is 0 Å². The van der Waals surface area contributed by atoms with Gasteiger partial charge in [-0.15, -0.1) is 0 Å². The van der Waals surface area contributed by atoms with Gasteiger partial charge in [0.1, 0.15) is 0 Å². The summed E-state index contributed by atoms with van der Waals surface area (Å²) >= 11 is 0. The second kappa shape index (κ2) is 6.92. The van der Waals surface area contributed by atoms with Crippen molar-refractivity contribution >= 4 is 23.7 Å². The Morgan fingerprint density at radius 2 is 1.30 bits per heavy atom. The molecular formula is CH8N3O4P2. The second-order valence-electron chi connectivity index (χ2n) is 0.969. The topological polar surface area (TPSA) is 154 Å². The fourth-order valence-electron chi connectivity index (χ4n) is 0. The Labute approximate surface area is 60.8 Å². The van der Waals surface area contributed by atoms with Crippen molar-refractivity contribution in [3.63, 3.8) is 0 Å². The van der Waals surface area contributed by atoms with Gasteiger partial charge >= 0.3 is 7.82 Å². The van der Waals surface area contributed by atoms with Crippen molar-refractivity contribution in [1.29, 1.82) is 5.41 Å². The zero-order chi connectivity index (χ0) is 8.08. The third kappa shape index (κ3) is 10000. The number of hydrogen-bond donors (Lipinski definition) is 6. The van der Waals surface area contributed by atoms with E-state index in [1.165, 1.54) is 0 Å². The molecule has 10 heavy (non-hydrogen) atoms.